The van der Waals surface area contributed by atoms with E-state index in [1.807, 2.05) is 31.2 Å². The maximum absolute atomic E-state index is 11.5. The Morgan fingerprint density at radius 1 is 1.33 bits per heavy atom. The van der Waals surface area contributed by atoms with E-state index in [2.05, 4.69) is 10.5 Å². The molecule has 1 aliphatic rings. The average molecular weight is 204 g/mol. The molecule has 1 aromatic rings. The molecule has 0 spiro atoms. The van der Waals surface area contributed by atoms with Gasteiger partial charge in [0, 0.05) is 0 Å². The lowest BCUT2D eigenvalue weighted by atomic mass is 9.95. The molecule has 0 aromatic heterocycles. The second kappa shape index (κ2) is 3.73. The Morgan fingerprint density at radius 3 is 2.47 bits per heavy atom. The van der Waals surface area contributed by atoms with Gasteiger partial charge in [0.25, 0.3) is 5.91 Å². The van der Waals surface area contributed by atoms with Crippen molar-refractivity contribution in [1.82, 2.24) is 5.43 Å². The monoisotopic (exact) mass is 204 g/mol. The first-order chi connectivity index (χ1) is 7.22. The predicted octanol–water partition coefficient (Wildman–Crippen LogP) is 1.28. The van der Waals surface area contributed by atoms with Crippen LogP contribution in [0, 0.1) is 0 Å². The van der Waals surface area contributed by atoms with E-state index in [-0.39, 0.29) is 11.8 Å². The van der Waals surface area contributed by atoms with Gasteiger partial charge in [0.15, 0.2) is 0 Å². The highest BCUT2D eigenvalue weighted by Gasteiger charge is 2.28. The molecule has 1 N–H and O–H groups in total. The van der Waals surface area contributed by atoms with Gasteiger partial charge in [-0.1, -0.05) is 12.1 Å². The Morgan fingerprint density at radius 2 is 2.00 bits per heavy atom. The molecule has 0 unspecified atom stereocenters. The molecule has 1 aromatic carbocycles. The Bertz CT molecular complexity index is 409. The van der Waals surface area contributed by atoms with E-state index < -0.39 is 0 Å². The van der Waals surface area contributed by atoms with Gasteiger partial charge in [0.05, 0.1) is 12.8 Å². The van der Waals surface area contributed by atoms with Crippen LogP contribution in [0.1, 0.15) is 18.4 Å². The fourth-order valence-electron chi connectivity index (χ4n) is 1.65. The lowest BCUT2D eigenvalue weighted by molar-refractivity contribution is -0.120. The number of methoxy groups -OCH3 is 1. The quantitative estimate of drug-likeness (QED) is 0.789. The van der Waals surface area contributed by atoms with Crippen LogP contribution in [0.3, 0.4) is 0 Å². The molecule has 0 fully saturated rings. The number of ether oxygens (including phenoxy) is 1. The lowest BCUT2D eigenvalue weighted by Gasteiger charge is -2.08. The predicted molar refractivity (Wildman–Crippen MR) is 57.0 cm³/mol. The molecule has 0 aliphatic carbocycles. The number of rotatable bonds is 2. The summed E-state index contributed by atoms with van der Waals surface area (Å²) in [4.78, 5) is 11.5. The van der Waals surface area contributed by atoms with Crippen LogP contribution in [-0.2, 0) is 4.79 Å². The van der Waals surface area contributed by atoms with E-state index in [9.17, 15) is 4.79 Å². The standard InChI is InChI=1S/C11H12N2O2/c1-7-10(11(14)13-12-7)8-3-5-9(15-2)6-4-8/h3-6,10H,1-2H3,(H,13,14)/t10-/m0/s1. The number of nitrogens with one attached hydrogen (secondary N) is 1. The van der Waals surface area contributed by atoms with Gasteiger partial charge in [0.2, 0.25) is 0 Å². The van der Waals surface area contributed by atoms with Crippen molar-refractivity contribution >= 4 is 11.6 Å². The maximum atomic E-state index is 11.5. The molecule has 1 amide bonds. The largest absolute Gasteiger partial charge is 0.497 e. The molecule has 0 radical (unpaired) electrons. The molecule has 4 heteroatoms. The van der Waals surface area contributed by atoms with Gasteiger partial charge in [-0.05, 0) is 24.6 Å². The van der Waals surface area contributed by atoms with Crippen molar-refractivity contribution in [2.45, 2.75) is 12.8 Å². The molecule has 15 heavy (non-hydrogen) atoms. The van der Waals surface area contributed by atoms with Crippen LogP contribution < -0.4 is 10.2 Å². The highest BCUT2D eigenvalue weighted by atomic mass is 16.5. The minimum atomic E-state index is -0.254. The van der Waals surface area contributed by atoms with Crippen molar-refractivity contribution < 1.29 is 9.53 Å². The zero-order valence-corrected chi connectivity index (χ0v) is 8.65. The van der Waals surface area contributed by atoms with E-state index >= 15 is 0 Å². The number of benzene rings is 1. The van der Waals surface area contributed by atoms with Crippen molar-refractivity contribution in [3.8, 4) is 5.75 Å². The molecule has 0 saturated carbocycles. The van der Waals surface area contributed by atoms with E-state index in [0.29, 0.717) is 0 Å². The smallest absolute Gasteiger partial charge is 0.253 e. The number of nitrogens with zero attached hydrogens (tertiary/aromatic N) is 1. The normalized spacial score (nSPS) is 19.7. The highest BCUT2D eigenvalue weighted by Crippen LogP contribution is 2.23. The summed E-state index contributed by atoms with van der Waals surface area (Å²) < 4.78 is 5.05. The van der Waals surface area contributed by atoms with Crippen LogP contribution in [0.5, 0.6) is 5.75 Å². The molecule has 1 atom stereocenters. The molecule has 2 rings (SSSR count). The highest BCUT2D eigenvalue weighted by molar-refractivity contribution is 6.11. The van der Waals surface area contributed by atoms with Gasteiger partial charge in [0.1, 0.15) is 11.7 Å². The number of hydrogen-bond donors (Lipinski definition) is 1. The van der Waals surface area contributed by atoms with Crippen molar-refractivity contribution in [3.63, 3.8) is 0 Å². The van der Waals surface area contributed by atoms with Gasteiger partial charge in [-0.25, -0.2) is 5.43 Å². The maximum Gasteiger partial charge on any atom is 0.253 e. The van der Waals surface area contributed by atoms with E-state index in [1.54, 1.807) is 7.11 Å². The van der Waals surface area contributed by atoms with Crippen molar-refractivity contribution in [3.05, 3.63) is 29.8 Å². The molecule has 0 saturated heterocycles. The minimum Gasteiger partial charge on any atom is -0.497 e. The third-order valence-electron chi connectivity index (χ3n) is 2.47. The third kappa shape index (κ3) is 1.70. The van der Waals surface area contributed by atoms with Gasteiger partial charge in [-0.3, -0.25) is 4.79 Å². The second-order valence-electron chi connectivity index (χ2n) is 3.44. The lowest BCUT2D eigenvalue weighted by Crippen LogP contribution is -2.20. The first kappa shape index (κ1) is 9.71. The fourth-order valence-corrected chi connectivity index (χ4v) is 1.65. The van der Waals surface area contributed by atoms with Crippen LogP contribution in [0.25, 0.3) is 0 Å². The molecular formula is C11H12N2O2. The van der Waals surface area contributed by atoms with Gasteiger partial charge in [-0.15, -0.1) is 0 Å². The van der Waals surface area contributed by atoms with Gasteiger partial charge in [-0.2, -0.15) is 5.10 Å². The Hall–Kier alpha value is -1.84. The van der Waals surface area contributed by atoms with E-state index in [1.165, 1.54) is 0 Å². The van der Waals surface area contributed by atoms with Crippen molar-refractivity contribution in [2.75, 3.05) is 7.11 Å². The summed E-state index contributed by atoms with van der Waals surface area (Å²) >= 11 is 0. The van der Waals surface area contributed by atoms with Gasteiger partial charge < -0.3 is 4.74 Å². The number of carbonyl (C=O) groups excluding carboxylic acids is 1. The molecule has 78 valence electrons. The number of hydrazone groups is 1. The first-order valence-electron chi connectivity index (χ1n) is 4.70. The van der Waals surface area contributed by atoms with Crippen molar-refractivity contribution in [2.24, 2.45) is 5.10 Å². The van der Waals surface area contributed by atoms with Crippen LogP contribution in [0.2, 0.25) is 0 Å². The van der Waals surface area contributed by atoms with Crippen LogP contribution >= 0.6 is 0 Å². The molecular weight excluding hydrogens is 192 g/mol. The van der Waals surface area contributed by atoms with E-state index in [4.69, 9.17) is 4.74 Å². The topological polar surface area (TPSA) is 50.7 Å². The number of hydrogen-bond acceptors (Lipinski definition) is 3. The zero-order chi connectivity index (χ0) is 10.8. The fraction of sp³-hybridized carbons (Fsp3) is 0.273. The zero-order valence-electron chi connectivity index (χ0n) is 8.65. The summed E-state index contributed by atoms with van der Waals surface area (Å²) in [6.45, 7) is 1.84. The summed E-state index contributed by atoms with van der Waals surface area (Å²) in [6.07, 6.45) is 0. The molecule has 4 nitrogen and oxygen atoms in total. The minimum absolute atomic E-state index is 0.0716. The van der Waals surface area contributed by atoms with Crippen LogP contribution in [-0.4, -0.2) is 18.7 Å². The summed E-state index contributed by atoms with van der Waals surface area (Å²) in [6, 6.07) is 7.45. The van der Waals surface area contributed by atoms with Crippen LogP contribution in [0.4, 0.5) is 0 Å². The molecule has 1 heterocycles. The summed E-state index contributed by atoms with van der Waals surface area (Å²) in [5, 5.41) is 3.90. The Balaban J connectivity index is 2.29. The Labute approximate surface area is 87.9 Å². The van der Waals surface area contributed by atoms with E-state index in [0.717, 1.165) is 17.0 Å². The van der Waals surface area contributed by atoms with Crippen molar-refractivity contribution in [1.29, 1.82) is 0 Å². The summed E-state index contributed by atoms with van der Waals surface area (Å²) in [5.41, 5.74) is 4.20. The van der Waals surface area contributed by atoms with Crippen LogP contribution in [0.15, 0.2) is 29.4 Å². The molecule has 0 bridgehead atoms. The van der Waals surface area contributed by atoms with Gasteiger partial charge >= 0.3 is 0 Å². The molecule has 1 aliphatic heterocycles. The SMILES string of the molecule is COc1ccc([C@H]2C(=O)NN=C2C)cc1. The number of carbonyl (C=O) groups is 1. The third-order valence-corrected chi connectivity index (χ3v) is 2.47. The average Bonchev–Trinajstić information content (AvgIpc) is 2.59. The number of amides is 1. The summed E-state index contributed by atoms with van der Waals surface area (Å²) in [7, 11) is 1.62. The Kier molecular flexibility index (Phi) is 2.41. The first-order valence-corrected chi connectivity index (χ1v) is 4.70. The summed E-state index contributed by atoms with van der Waals surface area (Å²) in [5.74, 6) is 0.459. The second-order valence-corrected chi connectivity index (χ2v) is 3.44.